The highest BCUT2D eigenvalue weighted by molar-refractivity contribution is 5.75. The first kappa shape index (κ1) is 14.4. The number of hydrogen-bond acceptors (Lipinski definition) is 6. The summed E-state index contributed by atoms with van der Waals surface area (Å²) in [6.07, 6.45) is 6.50. The van der Waals surface area contributed by atoms with Crippen LogP contribution in [0.4, 0.5) is 23.0 Å². The van der Waals surface area contributed by atoms with E-state index in [2.05, 4.69) is 25.7 Å². The fourth-order valence-corrected chi connectivity index (χ4v) is 2.67. The second-order valence-corrected chi connectivity index (χ2v) is 5.48. The number of anilines is 4. The van der Waals surface area contributed by atoms with Crippen molar-refractivity contribution in [2.45, 2.75) is 25.7 Å². The molecule has 0 bridgehead atoms. The van der Waals surface area contributed by atoms with Gasteiger partial charge in [-0.1, -0.05) is 31.0 Å². The van der Waals surface area contributed by atoms with Gasteiger partial charge in [-0.15, -0.1) is 0 Å². The lowest BCUT2D eigenvalue weighted by atomic mass is 10.2. The number of aromatic nitrogens is 2. The van der Waals surface area contributed by atoms with E-state index in [1.54, 1.807) is 6.33 Å². The van der Waals surface area contributed by atoms with E-state index in [9.17, 15) is 0 Å². The van der Waals surface area contributed by atoms with Crippen LogP contribution in [-0.2, 0) is 0 Å². The van der Waals surface area contributed by atoms with Crippen LogP contribution in [0, 0.1) is 0 Å². The monoisotopic (exact) mass is 298 g/mol. The summed E-state index contributed by atoms with van der Waals surface area (Å²) in [5, 5.41) is 0. The molecule has 1 aliphatic heterocycles. The average Bonchev–Trinajstić information content (AvgIpc) is 2.84. The van der Waals surface area contributed by atoms with E-state index in [1.807, 2.05) is 30.3 Å². The average molecular weight is 298 g/mol. The van der Waals surface area contributed by atoms with Crippen LogP contribution >= 0.6 is 0 Å². The topological polar surface area (TPSA) is 79.1 Å². The molecule has 2 heterocycles. The molecular formula is C16H22N6. The van der Waals surface area contributed by atoms with Crippen LogP contribution in [0.1, 0.15) is 25.7 Å². The Balaban J connectivity index is 1.73. The van der Waals surface area contributed by atoms with Gasteiger partial charge >= 0.3 is 0 Å². The van der Waals surface area contributed by atoms with E-state index < -0.39 is 0 Å². The van der Waals surface area contributed by atoms with Crippen LogP contribution in [0.5, 0.6) is 0 Å². The Bertz CT molecular complexity index is 593. The molecular weight excluding hydrogens is 276 g/mol. The summed E-state index contributed by atoms with van der Waals surface area (Å²) in [7, 11) is 0. The molecule has 22 heavy (non-hydrogen) atoms. The number of para-hydroxylation sites is 1. The van der Waals surface area contributed by atoms with Crippen molar-refractivity contribution in [1.82, 2.24) is 9.97 Å². The first-order valence-electron chi connectivity index (χ1n) is 7.77. The second kappa shape index (κ2) is 6.98. The van der Waals surface area contributed by atoms with E-state index in [4.69, 9.17) is 5.73 Å². The molecule has 4 N–H and O–H groups in total. The van der Waals surface area contributed by atoms with Gasteiger partial charge in [-0.05, 0) is 25.0 Å². The highest BCUT2D eigenvalue weighted by atomic mass is 15.4. The van der Waals surface area contributed by atoms with Crippen molar-refractivity contribution < 1.29 is 0 Å². The van der Waals surface area contributed by atoms with Crippen LogP contribution in [-0.4, -0.2) is 23.1 Å². The zero-order valence-electron chi connectivity index (χ0n) is 12.6. The van der Waals surface area contributed by atoms with Crippen molar-refractivity contribution in [2.75, 3.05) is 34.6 Å². The Morgan fingerprint density at radius 3 is 2.36 bits per heavy atom. The molecule has 1 aromatic heterocycles. The summed E-state index contributed by atoms with van der Waals surface area (Å²) < 4.78 is 0. The lowest BCUT2D eigenvalue weighted by molar-refractivity contribution is 0.726. The normalized spacial score (nSPS) is 15.2. The van der Waals surface area contributed by atoms with Gasteiger partial charge in [0.25, 0.3) is 0 Å². The Morgan fingerprint density at radius 1 is 0.909 bits per heavy atom. The number of nitrogens with zero attached hydrogens (tertiary/aromatic N) is 3. The Kier molecular flexibility index (Phi) is 4.58. The molecule has 0 radical (unpaired) electrons. The summed E-state index contributed by atoms with van der Waals surface area (Å²) in [5.41, 5.74) is 14.0. The number of hydrogen-bond donors (Lipinski definition) is 3. The molecule has 3 rings (SSSR count). The molecule has 1 aromatic carbocycles. The molecule has 6 heteroatoms. The fourth-order valence-electron chi connectivity index (χ4n) is 2.67. The number of nitrogens with two attached hydrogens (primary N) is 1. The second-order valence-electron chi connectivity index (χ2n) is 5.48. The largest absolute Gasteiger partial charge is 0.393 e. The predicted molar refractivity (Wildman–Crippen MR) is 90.8 cm³/mol. The van der Waals surface area contributed by atoms with Gasteiger partial charge < -0.3 is 10.6 Å². The van der Waals surface area contributed by atoms with Gasteiger partial charge in [-0.3, -0.25) is 10.9 Å². The molecule has 0 spiro atoms. The lowest BCUT2D eigenvalue weighted by Gasteiger charge is -2.23. The van der Waals surface area contributed by atoms with E-state index in [0.29, 0.717) is 11.5 Å². The highest BCUT2D eigenvalue weighted by Crippen LogP contribution is 2.27. The third kappa shape index (κ3) is 3.39. The van der Waals surface area contributed by atoms with E-state index in [-0.39, 0.29) is 0 Å². The first-order chi connectivity index (χ1) is 10.8. The van der Waals surface area contributed by atoms with Crippen LogP contribution < -0.4 is 21.5 Å². The van der Waals surface area contributed by atoms with Crippen LogP contribution in [0.15, 0.2) is 36.7 Å². The summed E-state index contributed by atoms with van der Waals surface area (Å²) in [5.74, 6) is 1.44. The summed E-state index contributed by atoms with van der Waals surface area (Å²) in [4.78, 5) is 10.9. The van der Waals surface area contributed by atoms with E-state index in [1.165, 1.54) is 25.7 Å². The predicted octanol–water partition coefficient (Wildman–Crippen LogP) is 2.88. The lowest BCUT2D eigenvalue weighted by Crippen LogP contribution is -2.26. The third-order valence-electron chi connectivity index (χ3n) is 3.87. The molecule has 1 saturated heterocycles. The maximum atomic E-state index is 6.26. The van der Waals surface area contributed by atoms with Crippen molar-refractivity contribution in [2.24, 2.45) is 0 Å². The Labute approximate surface area is 130 Å². The minimum atomic E-state index is 0.591. The zero-order chi connectivity index (χ0) is 15.2. The Morgan fingerprint density at radius 2 is 1.64 bits per heavy atom. The number of nitrogens with one attached hydrogen (secondary N) is 2. The number of rotatable bonds is 4. The summed E-state index contributed by atoms with van der Waals surface area (Å²) >= 11 is 0. The van der Waals surface area contributed by atoms with Crippen LogP contribution in [0.25, 0.3) is 0 Å². The van der Waals surface area contributed by atoms with Gasteiger partial charge in [0.1, 0.15) is 12.0 Å². The molecule has 116 valence electrons. The molecule has 2 aromatic rings. The first-order valence-corrected chi connectivity index (χ1v) is 7.77. The summed E-state index contributed by atoms with van der Waals surface area (Å²) in [6, 6.07) is 9.86. The smallest absolute Gasteiger partial charge is 0.173 e. The molecule has 0 unspecified atom stereocenters. The SMILES string of the molecule is Nc1c(NNc2ccccc2)ncnc1N1CCCCCC1. The molecule has 1 aliphatic rings. The van der Waals surface area contributed by atoms with Gasteiger partial charge in [-0.2, -0.15) is 0 Å². The van der Waals surface area contributed by atoms with Gasteiger partial charge in [0.15, 0.2) is 11.6 Å². The number of benzene rings is 1. The number of nitrogen functional groups attached to an aromatic ring is 1. The fraction of sp³-hybridized carbons (Fsp3) is 0.375. The maximum absolute atomic E-state index is 6.26. The van der Waals surface area contributed by atoms with Crippen molar-refractivity contribution in [3.8, 4) is 0 Å². The van der Waals surface area contributed by atoms with Crippen LogP contribution in [0.2, 0.25) is 0 Å². The standard InChI is InChI=1S/C16H22N6/c17-14-15(21-20-13-8-4-3-5-9-13)18-12-19-16(14)22-10-6-1-2-7-11-22/h3-5,8-9,12,20H,1-2,6-7,10-11,17H2,(H,18,19,21). The van der Waals surface area contributed by atoms with Crippen molar-refractivity contribution >= 4 is 23.0 Å². The highest BCUT2D eigenvalue weighted by Gasteiger charge is 2.16. The minimum Gasteiger partial charge on any atom is -0.393 e. The zero-order valence-corrected chi connectivity index (χ0v) is 12.6. The van der Waals surface area contributed by atoms with Crippen molar-refractivity contribution in [3.63, 3.8) is 0 Å². The molecule has 0 atom stereocenters. The van der Waals surface area contributed by atoms with E-state index in [0.717, 1.165) is 24.6 Å². The van der Waals surface area contributed by atoms with Crippen molar-refractivity contribution in [3.05, 3.63) is 36.7 Å². The molecule has 1 fully saturated rings. The summed E-state index contributed by atoms with van der Waals surface area (Å²) in [6.45, 7) is 2.01. The third-order valence-corrected chi connectivity index (χ3v) is 3.87. The minimum absolute atomic E-state index is 0.591. The van der Waals surface area contributed by atoms with Crippen molar-refractivity contribution in [1.29, 1.82) is 0 Å². The maximum Gasteiger partial charge on any atom is 0.173 e. The Hall–Kier alpha value is -2.50. The number of hydrazine groups is 1. The molecule has 6 nitrogen and oxygen atoms in total. The molecule has 0 aliphatic carbocycles. The quantitative estimate of drug-likeness (QED) is 0.753. The van der Waals surface area contributed by atoms with Crippen LogP contribution in [0.3, 0.4) is 0 Å². The van der Waals surface area contributed by atoms with E-state index >= 15 is 0 Å². The van der Waals surface area contributed by atoms with Gasteiger partial charge in [-0.25, -0.2) is 9.97 Å². The van der Waals surface area contributed by atoms with Gasteiger partial charge in [0, 0.05) is 13.1 Å². The molecule has 0 amide bonds. The molecule has 0 saturated carbocycles. The van der Waals surface area contributed by atoms with Gasteiger partial charge in [0.05, 0.1) is 5.69 Å². The van der Waals surface area contributed by atoms with Gasteiger partial charge in [0.2, 0.25) is 0 Å².